The standard InChI is InChI=1S/C12H12N8S2/c13-10-15-11(18-17-10)21-6-8-5-20-9(16-19-12(20)22-8)7-2-1-3-14-4-7/h1-4,8H,5-6H2,(H3,13,15,17,18)/t8-/m0/s1. The van der Waals surface area contributed by atoms with Crippen molar-refractivity contribution in [3.63, 3.8) is 0 Å². The van der Waals surface area contributed by atoms with E-state index < -0.39 is 0 Å². The van der Waals surface area contributed by atoms with Gasteiger partial charge in [-0.3, -0.25) is 4.98 Å². The number of anilines is 1. The van der Waals surface area contributed by atoms with E-state index in [1.807, 2.05) is 12.1 Å². The average Bonchev–Trinajstić information content (AvgIpc) is 3.21. The SMILES string of the molecule is Nc1nc(SC[C@@H]2Cn3c(nnc3-c3cccnc3)S2)n[nH]1. The highest BCUT2D eigenvalue weighted by Crippen LogP contribution is 2.36. The van der Waals surface area contributed by atoms with Gasteiger partial charge in [-0.15, -0.1) is 15.3 Å². The topological polar surface area (TPSA) is 111 Å². The van der Waals surface area contributed by atoms with Gasteiger partial charge in [-0.2, -0.15) is 4.98 Å². The van der Waals surface area contributed by atoms with Crippen molar-refractivity contribution in [3.05, 3.63) is 24.5 Å². The maximum atomic E-state index is 5.52. The van der Waals surface area contributed by atoms with Crippen LogP contribution in [0.4, 0.5) is 5.95 Å². The lowest BCUT2D eigenvalue weighted by Crippen LogP contribution is -2.09. The predicted octanol–water partition coefficient (Wildman–Crippen LogP) is 1.31. The van der Waals surface area contributed by atoms with Crippen molar-refractivity contribution in [2.24, 2.45) is 0 Å². The zero-order valence-electron chi connectivity index (χ0n) is 11.4. The average molecular weight is 332 g/mol. The van der Waals surface area contributed by atoms with E-state index in [0.29, 0.717) is 16.4 Å². The number of fused-ring (bicyclic) bond motifs is 1. The normalized spacial score (nSPS) is 16.8. The lowest BCUT2D eigenvalue weighted by atomic mass is 10.2. The third kappa shape index (κ3) is 2.55. The number of rotatable bonds is 4. The number of hydrogen-bond donors (Lipinski definition) is 2. The molecule has 0 spiro atoms. The predicted molar refractivity (Wildman–Crippen MR) is 84.4 cm³/mol. The van der Waals surface area contributed by atoms with Gasteiger partial charge >= 0.3 is 0 Å². The summed E-state index contributed by atoms with van der Waals surface area (Å²) in [6, 6.07) is 3.90. The second-order valence-electron chi connectivity index (χ2n) is 4.71. The Labute approximate surface area is 134 Å². The highest BCUT2D eigenvalue weighted by molar-refractivity contribution is 8.03. The third-order valence-corrected chi connectivity index (χ3v) is 5.56. The van der Waals surface area contributed by atoms with Crippen LogP contribution in [0, 0.1) is 0 Å². The molecule has 0 aromatic carbocycles. The van der Waals surface area contributed by atoms with Crippen LogP contribution in [0.5, 0.6) is 0 Å². The van der Waals surface area contributed by atoms with Crippen LogP contribution in [0.1, 0.15) is 0 Å². The summed E-state index contributed by atoms with van der Waals surface area (Å²) >= 11 is 3.31. The Kier molecular flexibility index (Phi) is 3.47. The monoisotopic (exact) mass is 332 g/mol. The maximum Gasteiger partial charge on any atom is 0.216 e. The molecule has 0 fully saturated rings. The minimum Gasteiger partial charge on any atom is -0.368 e. The fourth-order valence-corrected chi connectivity index (χ4v) is 4.30. The van der Waals surface area contributed by atoms with Crippen molar-refractivity contribution in [3.8, 4) is 11.4 Å². The molecular formula is C12H12N8S2. The van der Waals surface area contributed by atoms with Crippen molar-refractivity contribution < 1.29 is 0 Å². The van der Waals surface area contributed by atoms with E-state index in [1.165, 1.54) is 0 Å². The first kappa shape index (κ1) is 13.6. The molecule has 3 N–H and O–H groups in total. The zero-order chi connectivity index (χ0) is 14.9. The molecule has 0 saturated heterocycles. The molecule has 0 saturated carbocycles. The van der Waals surface area contributed by atoms with Crippen LogP contribution in [0.2, 0.25) is 0 Å². The van der Waals surface area contributed by atoms with Gasteiger partial charge in [0.15, 0.2) is 11.0 Å². The molecule has 3 aromatic rings. The number of thioether (sulfide) groups is 2. The number of nitrogen functional groups attached to an aromatic ring is 1. The van der Waals surface area contributed by atoms with Crippen LogP contribution >= 0.6 is 23.5 Å². The number of aromatic nitrogens is 7. The zero-order valence-corrected chi connectivity index (χ0v) is 13.0. The summed E-state index contributed by atoms with van der Waals surface area (Å²) in [5, 5.41) is 17.2. The Morgan fingerprint density at radius 2 is 2.41 bits per heavy atom. The van der Waals surface area contributed by atoms with E-state index >= 15 is 0 Å². The van der Waals surface area contributed by atoms with Gasteiger partial charge in [-0.25, -0.2) is 5.10 Å². The molecule has 0 bridgehead atoms. The van der Waals surface area contributed by atoms with Crippen molar-refractivity contribution in [1.82, 2.24) is 34.9 Å². The van der Waals surface area contributed by atoms with Crippen LogP contribution in [0.15, 0.2) is 34.8 Å². The van der Waals surface area contributed by atoms with Crippen LogP contribution in [0.25, 0.3) is 11.4 Å². The summed E-state index contributed by atoms with van der Waals surface area (Å²) in [5.41, 5.74) is 6.51. The molecule has 3 aromatic heterocycles. The number of H-pyrrole nitrogens is 1. The van der Waals surface area contributed by atoms with Crippen LogP contribution in [-0.2, 0) is 6.54 Å². The molecule has 0 radical (unpaired) electrons. The van der Waals surface area contributed by atoms with E-state index in [1.54, 1.807) is 35.9 Å². The second kappa shape index (κ2) is 5.61. The summed E-state index contributed by atoms with van der Waals surface area (Å²) in [4.78, 5) is 8.23. The van der Waals surface area contributed by atoms with Gasteiger partial charge in [0, 0.05) is 35.5 Å². The van der Waals surface area contributed by atoms with Gasteiger partial charge in [0.1, 0.15) is 0 Å². The molecule has 1 aliphatic rings. The molecule has 1 aliphatic heterocycles. The molecule has 10 heteroatoms. The van der Waals surface area contributed by atoms with Gasteiger partial charge in [-0.05, 0) is 12.1 Å². The van der Waals surface area contributed by atoms with E-state index in [-0.39, 0.29) is 0 Å². The van der Waals surface area contributed by atoms with Crippen molar-refractivity contribution >= 4 is 29.5 Å². The third-order valence-electron chi connectivity index (χ3n) is 3.18. The smallest absolute Gasteiger partial charge is 0.216 e. The number of nitrogens with one attached hydrogen (secondary N) is 1. The number of aromatic amines is 1. The molecule has 4 rings (SSSR count). The summed E-state index contributed by atoms with van der Waals surface area (Å²) in [6.07, 6.45) is 3.56. The maximum absolute atomic E-state index is 5.52. The van der Waals surface area contributed by atoms with Crippen LogP contribution < -0.4 is 5.73 Å². The fraction of sp³-hybridized carbons (Fsp3) is 0.250. The quantitative estimate of drug-likeness (QED) is 0.688. The Morgan fingerprint density at radius 1 is 1.45 bits per heavy atom. The van der Waals surface area contributed by atoms with Crippen molar-refractivity contribution in [1.29, 1.82) is 0 Å². The summed E-state index contributed by atoms with van der Waals surface area (Å²) in [5.74, 6) is 2.10. The van der Waals surface area contributed by atoms with Crippen LogP contribution in [0.3, 0.4) is 0 Å². The first-order chi connectivity index (χ1) is 10.8. The van der Waals surface area contributed by atoms with E-state index in [0.717, 1.165) is 28.8 Å². The largest absolute Gasteiger partial charge is 0.368 e. The number of pyridine rings is 1. The van der Waals surface area contributed by atoms with E-state index in [4.69, 9.17) is 5.73 Å². The molecule has 0 aliphatic carbocycles. The summed E-state index contributed by atoms with van der Waals surface area (Å²) in [7, 11) is 0. The minimum atomic E-state index is 0.345. The first-order valence-electron chi connectivity index (χ1n) is 6.60. The van der Waals surface area contributed by atoms with Gasteiger partial charge in [0.2, 0.25) is 11.1 Å². The van der Waals surface area contributed by atoms with Gasteiger partial charge < -0.3 is 10.3 Å². The summed E-state index contributed by atoms with van der Waals surface area (Å²) < 4.78 is 2.14. The molecule has 1 atom stereocenters. The van der Waals surface area contributed by atoms with E-state index in [9.17, 15) is 0 Å². The van der Waals surface area contributed by atoms with Crippen molar-refractivity contribution in [2.45, 2.75) is 22.1 Å². The Balaban J connectivity index is 1.46. The van der Waals surface area contributed by atoms with Crippen molar-refractivity contribution in [2.75, 3.05) is 11.5 Å². The van der Waals surface area contributed by atoms with Gasteiger partial charge in [0.05, 0.1) is 0 Å². The number of hydrogen-bond acceptors (Lipinski definition) is 8. The number of nitrogens with zero attached hydrogens (tertiary/aromatic N) is 6. The van der Waals surface area contributed by atoms with Gasteiger partial charge in [0.25, 0.3) is 0 Å². The Hall–Kier alpha value is -2.07. The Morgan fingerprint density at radius 3 is 3.18 bits per heavy atom. The highest BCUT2D eigenvalue weighted by atomic mass is 32.2. The molecular weight excluding hydrogens is 320 g/mol. The lowest BCUT2D eigenvalue weighted by Gasteiger charge is -2.06. The Bertz CT molecular complexity index is 784. The molecule has 0 unspecified atom stereocenters. The van der Waals surface area contributed by atoms with Gasteiger partial charge in [-0.1, -0.05) is 23.5 Å². The van der Waals surface area contributed by atoms with E-state index in [2.05, 4.69) is 34.9 Å². The fourth-order valence-electron chi connectivity index (χ4n) is 2.22. The molecule has 22 heavy (non-hydrogen) atoms. The molecule has 0 amide bonds. The summed E-state index contributed by atoms with van der Waals surface area (Å²) in [6.45, 7) is 0.865. The first-order valence-corrected chi connectivity index (χ1v) is 8.47. The molecule has 4 heterocycles. The van der Waals surface area contributed by atoms with Crippen LogP contribution in [-0.4, -0.2) is 45.9 Å². The molecule has 112 valence electrons. The molecule has 8 nitrogen and oxygen atoms in total. The number of nitrogens with two attached hydrogens (primary N) is 1. The highest BCUT2D eigenvalue weighted by Gasteiger charge is 2.27. The second-order valence-corrected chi connectivity index (χ2v) is 6.97. The lowest BCUT2D eigenvalue weighted by molar-refractivity contribution is 0.677. The minimum absolute atomic E-state index is 0.345.